The number of benzene rings is 1. The molecule has 0 N–H and O–H groups in total. The number of hydrogen-bond donors (Lipinski definition) is 0. The highest BCUT2D eigenvalue weighted by Crippen LogP contribution is 2.60. The fraction of sp³-hybridized carbons (Fsp3) is 0.500. The van der Waals surface area contributed by atoms with Crippen molar-refractivity contribution >= 4 is 5.78 Å². The summed E-state index contributed by atoms with van der Waals surface area (Å²) in [5.74, 6) is 1.30. The third-order valence-electron chi connectivity index (χ3n) is 4.55. The number of rotatable bonds is 1. The molecule has 3 unspecified atom stereocenters. The molecule has 0 amide bonds. The van der Waals surface area contributed by atoms with Crippen LogP contribution in [0.4, 0.5) is 0 Å². The van der Waals surface area contributed by atoms with Gasteiger partial charge in [0.1, 0.15) is 5.78 Å². The zero-order chi connectivity index (χ0) is 10.6. The van der Waals surface area contributed by atoms with Crippen LogP contribution in [-0.2, 0) is 11.2 Å². The van der Waals surface area contributed by atoms with E-state index < -0.39 is 0 Å². The van der Waals surface area contributed by atoms with Crippen LogP contribution in [0.2, 0.25) is 0 Å². The van der Waals surface area contributed by atoms with Crippen LogP contribution in [0.25, 0.3) is 0 Å². The summed E-state index contributed by atoms with van der Waals surface area (Å²) in [6.45, 7) is 4.27. The molecule has 1 saturated carbocycles. The molecule has 1 nitrogen and oxygen atoms in total. The summed E-state index contributed by atoms with van der Waals surface area (Å²) in [5.41, 5.74) is 2.77. The van der Waals surface area contributed by atoms with E-state index in [0.717, 1.165) is 12.8 Å². The lowest BCUT2D eigenvalue weighted by Gasteiger charge is -2.48. The third kappa shape index (κ3) is 0.914. The lowest BCUT2D eigenvalue weighted by molar-refractivity contribution is -0.147. The first kappa shape index (κ1) is 9.14. The van der Waals surface area contributed by atoms with Crippen molar-refractivity contribution in [3.63, 3.8) is 0 Å². The Hall–Kier alpha value is -1.11. The summed E-state index contributed by atoms with van der Waals surface area (Å²) in [6, 6.07) is 8.56. The molecule has 0 aromatic heterocycles. The second-order valence-electron chi connectivity index (χ2n) is 5.12. The predicted molar refractivity (Wildman–Crippen MR) is 59.8 cm³/mol. The maximum atomic E-state index is 12.1. The molecular weight excluding hydrogens is 184 g/mol. The molecule has 78 valence electrons. The van der Waals surface area contributed by atoms with Gasteiger partial charge in [-0.15, -0.1) is 0 Å². The molecule has 0 radical (unpaired) electrons. The largest absolute Gasteiger partial charge is 0.299 e. The first-order valence-corrected chi connectivity index (χ1v) is 5.80. The van der Waals surface area contributed by atoms with Crippen molar-refractivity contribution in [2.75, 3.05) is 0 Å². The highest BCUT2D eigenvalue weighted by Gasteiger charge is 2.60. The highest BCUT2D eigenvalue weighted by atomic mass is 16.1. The van der Waals surface area contributed by atoms with Gasteiger partial charge in [0.05, 0.1) is 0 Å². The van der Waals surface area contributed by atoms with Gasteiger partial charge in [-0.3, -0.25) is 4.79 Å². The molecule has 0 bridgehead atoms. The van der Waals surface area contributed by atoms with Crippen LogP contribution >= 0.6 is 0 Å². The van der Waals surface area contributed by atoms with Crippen molar-refractivity contribution in [1.29, 1.82) is 0 Å². The molecule has 0 saturated heterocycles. The number of carbonyl (C=O) groups is 1. The van der Waals surface area contributed by atoms with Crippen molar-refractivity contribution in [2.45, 2.75) is 32.6 Å². The number of carbonyl (C=O) groups excluding carboxylic acids is 1. The zero-order valence-corrected chi connectivity index (χ0v) is 9.29. The van der Waals surface area contributed by atoms with Gasteiger partial charge in [-0.2, -0.15) is 0 Å². The molecule has 3 atom stereocenters. The third-order valence-corrected chi connectivity index (χ3v) is 4.55. The maximum absolute atomic E-state index is 12.1. The molecule has 1 fully saturated rings. The van der Waals surface area contributed by atoms with E-state index in [9.17, 15) is 4.79 Å². The van der Waals surface area contributed by atoms with Crippen molar-refractivity contribution in [2.24, 2.45) is 11.3 Å². The SMILES string of the molecule is CCC1(C)C(=O)C2Cc3ccccc3C21. The topological polar surface area (TPSA) is 17.1 Å². The van der Waals surface area contributed by atoms with Crippen molar-refractivity contribution in [3.05, 3.63) is 35.4 Å². The average molecular weight is 200 g/mol. The van der Waals surface area contributed by atoms with Gasteiger partial charge in [0.25, 0.3) is 0 Å². The fourth-order valence-corrected chi connectivity index (χ4v) is 3.50. The van der Waals surface area contributed by atoms with E-state index in [1.54, 1.807) is 0 Å². The smallest absolute Gasteiger partial charge is 0.143 e. The Balaban J connectivity index is 2.09. The molecule has 15 heavy (non-hydrogen) atoms. The lowest BCUT2D eigenvalue weighted by Crippen LogP contribution is -2.52. The quantitative estimate of drug-likeness (QED) is 0.681. The molecule has 3 rings (SSSR count). The first-order chi connectivity index (χ1) is 7.18. The van der Waals surface area contributed by atoms with Crippen LogP contribution in [0, 0.1) is 11.3 Å². The Morgan fingerprint density at radius 3 is 2.87 bits per heavy atom. The minimum atomic E-state index is -0.0722. The second kappa shape index (κ2) is 2.72. The van der Waals surface area contributed by atoms with E-state index in [-0.39, 0.29) is 5.41 Å². The van der Waals surface area contributed by atoms with E-state index in [1.165, 1.54) is 11.1 Å². The summed E-state index contributed by atoms with van der Waals surface area (Å²) in [5, 5.41) is 0. The van der Waals surface area contributed by atoms with Gasteiger partial charge in [-0.25, -0.2) is 0 Å². The summed E-state index contributed by atoms with van der Waals surface area (Å²) in [4.78, 5) is 12.1. The van der Waals surface area contributed by atoms with Crippen molar-refractivity contribution < 1.29 is 4.79 Å². The Morgan fingerprint density at radius 2 is 2.13 bits per heavy atom. The summed E-state index contributed by atoms with van der Waals surface area (Å²) in [6.07, 6.45) is 1.95. The Kier molecular flexibility index (Phi) is 1.66. The van der Waals surface area contributed by atoms with Gasteiger partial charge < -0.3 is 0 Å². The predicted octanol–water partition coefficient (Wildman–Crippen LogP) is 2.94. The summed E-state index contributed by atoms with van der Waals surface area (Å²) >= 11 is 0. The van der Waals surface area contributed by atoms with Crippen LogP contribution in [-0.4, -0.2) is 5.78 Å². The van der Waals surface area contributed by atoms with Gasteiger partial charge in [0, 0.05) is 17.3 Å². The van der Waals surface area contributed by atoms with Gasteiger partial charge in [-0.1, -0.05) is 38.1 Å². The Labute approximate surface area is 90.5 Å². The zero-order valence-electron chi connectivity index (χ0n) is 9.29. The normalized spacial score (nSPS) is 37.1. The maximum Gasteiger partial charge on any atom is 0.143 e. The van der Waals surface area contributed by atoms with E-state index in [4.69, 9.17) is 0 Å². The number of hydrogen-bond acceptors (Lipinski definition) is 1. The summed E-state index contributed by atoms with van der Waals surface area (Å²) in [7, 11) is 0. The molecule has 2 aliphatic carbocycles. The van der Waals surface area contributed by atoms with Crippen molar-refractivity contribution in [1.82, 2.24) is 0 Å². The van der Waals surface area contributed by atoms with Crippen LogP contribution in [0.5, 0.6) is 0 Å². The molecule has 0 spiro atoms. The van der Waals surface area contributed by atoms with Gasteiger partial charge in [-0.05, 0) is 24.0 Å². The van der Waals surface area contributed by atoms with Crippen molar-refractivity contribution in [3.8, 4) is 0 Å². The average Bonchev–Trinajstić information content (AvgIpc) is 2.64. The standard InChI is InChI=1S/C14H16O/c1-3-14(2)12-10-7-5-4-6-9(10)8-11(12)13(14)15/h4-7,11-12H,3,8H2,1-2H3. The first-order valence-electron chi connectivity index (χ1n) is 5.80. The molecule has 0 aliphatic heterocycles. The minimum absolute atomic E-state index is 0.0722. The number of fused-ring (bicyclic) bond motifs is 3. The molecule has 1 aromatic carbocycles. The molecule has 1 aromatic rings. The fourth-order valence-electron chi connectivity index (χ4n) is 3.50. The summed E-state index contributed by atoms with van der Waals surface area (Å²) < 4.78 is 0. The van der Waals surface area contributed by atoms with Crippen LogP contribution in [0.15, 0.2) is 24.3 Å². The van der Waals surface area contributed by atoms with E-state index in [0.29, 0.717) is 17.6 Å². The number of Topliss-reactive ketones (excluding diaryl/α,β-unsaturated/α-hetero) is 1. The van der Waals surface area contributed by atoms with Gasteiger partial charge in [0.15, 0.2) is 0 Å². The van der Waals surface area contributed by atoms with Crippen LogP contribution in [0.3, 0.4) is 0 Å². The van der Waals surface area contributed by atoms with E-state index >= 15 is 0 Å². The molecular formula is C14H16O. The molecule has 0 heterocycles. The van der Waals surface area contributed by atoms with E-state index in [2.05, 4.69) is 38.1 Å². The monoisotopic (exact) mass is 200 g/mol. The van der Waals surface area contributed by atoms with Crippen LogP contribution < -0.4 is 0 Å². The Bertz CT molecular complexity index is 435. The number of ketones is 1. The van der Waals surface area contributed by atoms with Gasteiger partial charge in [0.2, 0.25) is 0 Å². The lowest BCUT2D eigenvalue weighted by atomic mass is 9.52. The van der Waals surface area contributed by atoms with Gasteiger partial charge >= 0.3 is 0 Å². The van der Waals surface area contributed by atoms with Crippen LogP contribution in [0.1, 0.15) is 37.3 Å². The molecule has 1 heteroatoms. The van der Waals surface area contributed by atoms with E-state index in [1.807, 2.05) is 0 Å². The minimum Gasteiger partial charge on any atom is -0.299 e. The molecule has 2 aliphatic rings. The Morgan fingerprint density at radius 1 is 1.40 bits per heavy atom. The highest BCUT2D eigenvalue weighted by molar-refractivity contribution is 5.97. The second-order valence-corrected chi connectivity index (χ2v) is 5.12.